The summed E-state index contributed by atoms with van der Waals surface area (Å²) < 4.78 is 1.81. The molecule has 0 aliphatic rings. The van der Waals surface area contributed by atoms with Crippen molar-refractivity contribution in [2.45, 2.75) is 13.8 Å². The van der Waals surface area contributed by atoms with E-state index in [1.807, 2.05) is 55.2 Å². The van der Waals surface area contributed by atoms with E-state index in [0.29, 0.717) is 0 Å². The van der Waals surface area contributed by atoms with Crippen LogP contribution in [0, 0.1) is 13.8 Å². The zero-order valence-corrected chi connectivity index (χ0v) is 14.6. The Morgan fingerprint density at radius 1 is 1.25 bits per heavy atom. The van der Waals surface area contributed by atoms with Crippen molar-refractivity contribution in [2.24, 2.45) is 7.05 Å². The van der Waals surface area contributed by atoms with Gasteiger partial charge in [0.05, 0.1) is 5.69 Å². The van der Waals surface area contributed by atoms with Gasteiger partial charge in [-0.2, -0.15) is 5.10 Å². The maximum absolute atomic E-state index is 12.1. The average Bonchev–Trinajstić information content (AvgIpc) is 3.17. The van der Waals surface area contributed by atoms with E-state index in [2.05, 4.69) is 15.4 Å². The Labute approximate surface area is 144 Å². The minimum absolute atomic E-state index is 0.167. The van der Waals surface area contributed by atoms with Gasteiger partial charge in [-0.3, -0.25) is 9.48 Å². The number of hydrogen-bond acceptors (Lipinski definition) is 4. The number of carbonyl (C=O) groups excluding carboxylic acids is 1. The van der Waals surface area contributed by atoms with Gasteiger partial charge in [0.1, 0.15) is 5.01 Å². The van der Waals surface area contributed by atoms with Crippen LogP contribution in [0.2, 0.25) is 0 Å². The summed E-state index contributed by atoms with van der Waals surface area (Å²) in [5, 5.41) is 10.1. The molecule has 3 aromatic rings. The van der Waals surface area contributed by atoms with Gasteiger partial charge in [0.25, 0.3) is 0 Å². The zero-order valence-electron chi connectivity index (χ0n) is 13.8. The Balaban J connectivity index is 1.67. The minimum atomic E-state index is -0.167. The van der Waals surface area contributed by atoms with E-state index in [1.54, 1.807) is 23.6 Å². The summed E-state index contributed by atoms with van der Waals surface area (Å²) in [4.78, 5) is 16.4. The molecule has 0 fully saturated rings. The van der Waals surface area contributed by atoms with Crippen LogP contribution < -0.4 is 5.32 Å². The molecule has 0 bridgehead atoms. The minimum Gasteiger partial charge on any atom is -0.323 e. The first-order valence-corrected chi connectivity index (χ1v) is 8.42. The lowest BCUT2D eigenvalue weighted by Gasteiger charge is -2.03. The van der Waals surface area contributed by atoms with Crippen LogP contribution in [-0.4, -0.2) is 20.7 Å². The number of benzene rings is 1. The summed E-state index contributed by atoms with van der Waals surface area (Å²) in [6.45, 7) is 3.91. The molecule has 0 aliphatic heterocycles. The third-order valence-corrected chi connectivity index (χ3v) is 4.62. The number of nitrogens with one attached hydrogen (secondary N) is 1. The van der Waals surface area contributed by atoms with E-state index in [0.717, 1.165) is 33.2 Å². The SMILES string of the molecule is Cc1nn(C)c(C)c1C=CC(=O)Nc1ccc(-c2nccs2)cc1. The predicted octanol–water partition coefficient (Wildman–Crippen LogP) is 3.81. The lowest BCUT2D eigenvalue weighted by atomic mass is 10.2. The van der Waals surface area contributed by atoms with E-state index in [4.69, 9.17) is 0 Å². The van der Waals surface area contributed by atoms with Crippen LogP contribution >= 0.6 is 11.3 Å². The fraction of sp³-hybridized carbons (Fsp3) is 0.167. The number of hydrogen-bond donors (Lipinski definition) is 1. The van der Waals surface area contributed by atoms with Gasteiger partial charge in [-0.25, -0.2) is 4.98 Å². The highest BCUT2D eigenvalue weighted by molar-refractivity contribution is 7.13. The largest absolute Gasteiger partial charge is 0.323 e. The van der Waals surface area contributed by atoms with E-state index >= 15 is 0 Å². The van der Waals surface area contributed by atoms with E-state index in [9.17, 15) is 4.79 Å². The van der Waals surface area contributed by atoms with Crippen LogP contribution in [-0.2, 0) is 11.8 Å². The molecule has 2 heterocycles. The molecule has 0 saturated carbocycles. The van der Waals surface area contributed by atoms with Gasteiger partial charge in [-0.05, 0) is 44.2 Å². The van der Waals surface area contributed by atoms with Gasteiger partial charge >= 0.3 is 0 Å². The van der Waals surface area contributed by atoms with Gasteiger partial charge in [0, 0.05) is 47.2 Å². The Hall–Kier alpha value is -2.73. The molecule has 24 heavy (non-hydrogen) atoms. The fourth-order valence-electron chi connectivity index (χ4n) is 2.44. The van der Waals surface area contributed by atoms with Gasteiger partial charge in [0.15, 0.2) is 0 Å². The highest BCUT2D eigenvalue weighted by atomic mass is 32.1. The molecule has 0 radical (unpaired) electrons. The van der Waals surface area contributed by atoms with Crippen molar-refractivity contribution in [3.8, 4) is 10.6 Å². The van der Waals surface area contributed by atoms with Crippen molar-refractivity contribution in [3.63, 3.8) is 0 Å². The Morgan fingerprint density at radius 2 is 2.00 bits per heavy atom. The number of aryl methyl sites for hydroxylation is 2. The third kappa shape index (κ3) is 3.44. The van der Waals surface area contributed by atoms with Gasteiger partial charge in [-0.1, -0.05) is 0 Å². The first-order chi connectivity index (χ1) is 11.5. The first-order valence-electron chi connectivity index (χ1n) is 7.54. The fourth-order valence-corrected chi connectivity index (χ4v) is 3.08. The van der Waals surface area contributed by atoms with Crippen LogP contribution in [0.4, 0.5) is 5.69 Å². The average molecular weight is 338 g/mol. The van der Waals surface area contributed by atoms with Crippen LogP contribution in [0.15, 0.2) is 41.9 Å². The highest BCUT2D eigenvalue weighted by Crippen LogP contribution is 2.23. The van der Waals surface area contributed by atoms with Crippen molar-refractivity contribution in [3.05, 3.63) is 58.9 Å². The van der Waals surface area contributed by atoms with Crippen molar-refractivity contribution in [1.29, 1.82) is 0 Å². The molecule has 122 valence electrons. The standard InChI is InChI=1S/C18H18N4OS/c1-12-16(13(2)22(3)21-12)8-9-17(23)20-15-6-4-14(5-7-15)18-19-10-11-24-18/h4-11H,1-3H3,(H,20,23). The van der Waals surface area contributed by atoms with Gasteiger partial charge in [0.2, 0.25) is 5.91 Å². The molecule has 3 rings (SSSR count). The summed E-state index contributed by atoms with van der Waals surface area (Å²) in [6, 6.07) is 7.66. The number of rotatable bonds is 4. The van der Waals surface area contributed by atoms with E-state index in [-0.39, 0.29) is 5.91 Å². The predicted molar refractivity (Wildman–Crippen MR) is 97.9 cm³/mol. The quantitative estimate of drug-likeness (QED) is 0.736. The molecule has 5 nitrogen and oxygen atoms in total. The number of thiazole rings is 1. The lowest BCUT2D eigenvalue weighted by molar-refractivity contribution is -0.111. The summed E-state index contributed by atoms with van der Waals surface area (Å²) in [5.74, 6) is -0.167. The smallest absolute Gasteiger partial charge is 0.248 e. The molecule has 0 unspecified atom stereocenters. The molecule has 2 aromatic heterocycles. The molecular formula is C18H18N4OS. The van der Waals surface area contributed by atoms with Crippen LogP contribution in [0.1, 0.15) is 17.0 Å². The molecule has 0 saturated heterocycles. The number of amides is 1. The molecule has 1 aromatic carbocycles. The van der Waals surface area contributed by atoms with Gasteiger partial charge < -0.3 is 5.32 Å². The topological polar surface area (TPSA) is 59.8 Å². The maximum Gasteiger partial charge on any atom is 0.248 e. The molecule has 6 heteroatoms. The first kappa shape index (κ1) is 16.1. The number of aromatic nitrogens is 3. The molecule has 1 amide bonds. The Bertz CT molecular complexity index is 877. The molecule has 0 aliphatic carbocycles. The monoisotopic (exact) mass is 338 g/mol. The van der Waals surface area contributed by atoms with Crippen LogP contribution in [0.25, 0.3) is 16.6 Å². The number of nitrogens with zero attached hydrogens (tertiary/aromatic N) is 3. The van der Waals surface area contributed by atoms with Crippen molar-refractivity contribution in [2.75, 3.05) is 5.32 Å². The van der Waals surface area contributed by atoms with Crippen LogP contribution in [0.3, 0.4) is 0 Å². The van der Waals surface area contributed by atoms with Gasteiger partial charge in [-0.15, -0.1) is 11.3 Å². The highest BCUT2D eigenvalue weighted by Gasteiger charge is 2.07. The normalized spacial score (nSPS) is 11.1. The number of carbonyl (C=O) groups is 1. The summed E-state index contributed by atoms with van der Waals surface area (Å²) in [7, 11) is 1.89. The van der Waals surface area contributed by atoms with Crippen LogP contribution in [0.5, 0.6) is 0 Å². The van der Waals surface area contributed by atoms with E-state index < -0.39 is 0 Å². The molecule has 0 spiro atoms. The third-order valence-electron chi connectivity index (χ3n) is 3.80. The summed E-state index contributed by atoms with van der Waals surface area (Å²) >= 11 is 1.59. The summed E-state index contributed by atoms with van der Waals surface area (Å²) in [6.07, 6.45) is 5.12. The van der Waals surface area contributed by atoms with Crippen molar-refractivity contribution >= 4 is 29.0 Å². The lowest BCUT2D eigenvalue weighted by Crippen LogP contribution is -2.07. The maximum atomic E-state index is 12.1. The zero-order chi connectivity index (χ0) is 17.1. The van der Waals surface area contributed by atoms with Crippen molar-refractivity contribution < 1.29 is 4.79 Å². The second-order valence-corrected chi connectivity index (χ2v) is 6.34. The van der Waals surface area contributed by atoms with E-state index in [1.165, 1.54) is 6.08 Å². The van der Waals surface area contributed by atoms with Crippen molar-refractivity contribution in [1.82, 2.24) is 14.8 Å². The Kier molecular flexibility index (Phi) is 4.57. The molecular weight excluding hydrogens is 320 g/mol. The Morgan fingerprint density at radius 3 is 2.58 bits per heavy atom. The second kappa shape index (κ2) is 6.80. The molecule has 0 atom stereocenters. The second-order valence-electron chi connectivity index (χ2n) is 5.45. The molecule has 1 N–H and O–H groups in total. The number of anilines is 1. The summed E-state index contributed by atoms with van der Waals surface area (Å²) in [5.41, 5.74) is 4.72.